The Balaban J connectivity index is 2.03. The van der Waals surface area contributed by atoms with E-state index in [2.05, 4.69) is 12.2 Å². The Bertz CT molecular complexity index is 196. The van der Waals surface area contributed by atoms with Crippen molar-refractivity contribution in [3.8, 4) is 0 Å². The Morgan fingerprint density at radius 1 is 1.47 bits per heavy atom. The van der Waals surface area contributed by atoms with Crippen LogP contribution >= 0.6 is 0 Å². The molecule has 1 aliphatic rings. The number of aliphatic hydroxyl groups excluding tert-OH is 1. The molecule has 1 aliphatic heterocycles. The maximum Gasteiger partial charge on any atom is 0.323 e. The highest BCUT2D eigenvalue weighted by molar-refractivity contribution is 5.76. The van der Waals surface area contributed by atoms with E-state index >= 15 is 0 Å². The molecule has 4 nitrogen and oxygen atoms in total. The number of unbranched alkanes of at least 4 members (excludes halogenated alkanes) is 3. The number of nitrogens with one attached hydrogen (secondary N) is 1. The summed E-state index contributed by atoms with van der Waals surface area (Å²) in [4.78, 5) is 11.4. The van der Waals surface area contributed by atoms with Crippen molar-refractivity contribution in [2.75, 3.05) is 13.2 Å². The van der Waals surface area contributed by atoms with E-state index in [1.165, 1.54) is 12.8 Å². The van der Waals surface area contributed by atoms with E-state index in [1.54, 1.807) is 0 Å². The molecule has 2 atom stereocenters. The molecule has 1 rings (SSSR count). The third kappa shape index (κ3) is 4.62. The van der Waals surface area contributed by atoms with Crippen LogP contribution in [0.5, 0.6) is 0 Å². The van der Waals surface area contributed by atoms with Crippen LogP contribution in [0.2, 0.25) is 0 Å². The summed E-state index contributed by atoms with van der Waals surface area (Å²) in [7, 11) is 0. The van der Waals surface area contributed by atoms with Gasteiger partial charge in [0.15, 0.2) is 0 Å². The van der Waals surface area contributed by atoms with E-state index in [1.807, 2.05) is 0 Å². The lowest BCUT2D eigenvalue weighted by Gasteiger charge is -2.09. The smallest absolute Gasteiger partial charge is 0.323 e. The average molecular weight is 215 g/mol. The van der Waals surface area contributed by atoms with Gasteiger partial charge in [0.1, 0.15) is 6.04 Å². The molecule has 0 bridgehead atoms. The van der Waals surface area contributed by atoms with Crippen LogP contribution in [0.15, 0.2) is 0 Å². The molecule has 1 heterocycles. The Morgan fingerprint density at radius 3 is 2.87 bits per heavy atom. The number of rotatable bonds is 6. The first-order valence-electron chi connectivity index (χ1n) is 5.82. The summed E-state index contributed by atoms with van der Waals surface area (Å²) < 4.78 is 5.11. The van der Waals surface area contributed by atoms with Gasteiger partial charge >= 0.3 is 5.97 Å². The molecular weight excluding hydrogens is 194 g/mol. The van der Waals surface area contributed by atoms with Crippen LogP contribution in [-0.4, -0.2) is 36.4 Å². The summed E-state index contributed by atoms with van der Waals surface area (Å²) >= 11 is 0. The fourth-order valence-corrected chi connectivity index (χ4v) is 1.70. The molecule has 0 amide bonds. The van der Waals surface area contributed by atoms with Crippen LogP contribution in [0.3, 0.4) is 0 Å². The molecular formula is C11H21NO3. The van der Waals surface area contributed by atoms with Crippen molar-refractivity contribution in [3.63, 3.8) is 0 Å². The third-order valence-corrected chi connectivity index (χ3v) is 2.63. The molecule has 4 heteroatoms. The minimum atomic E-state index is -0.400. The Morgan fingerprint density at radius 2 is 2.27 bits per heavy atom. The number of aliphatic hydroxyl groups is 1. The molecule has 15 heavy (non-hydrogen) atoms. The van der Waals surface area contributed by atoms with E-state index in [0.717, 1.165) is 12.8 Å². The zero-order valence-electron chi connectivity index (χ0n) is 9.37. The molecule has 0 aromatic rings. The van der Waals surface area contributed by atoms with Gasteiger partial charge in [0.25, 0.3) is 0 Å². The van der Waals surface area contributed by atoms with Crippen LogP contribution in [0.25, 0.3) is 0 Å². The zero-order valence-corrected chi connectivity index (χ0v) is 9.37. The van der Waals surface area contributed by atoms with Gasteiger partial charge in [0.05, 0.1) is 12.7 Å². The third-order valence-electron chi connectivity index (χ3n) is 2.63. The van der Waals surface area contributed by atoms with Gasteiger partial charge in [0.2, 0.25) is 0 Å². The number of carbonyl (C=O) groups is 1. The lowest BCUT2D eigenvalue weighted by molar-refractivity contribution is -0.146. The molecule has 0 aromatic carbocycles. The van der Waals surface area contributed by atoms with Gasteiger partial charge in [-0.2, -0.15) is 0 Å². The summed E-state index contributed by atoms with van der Waals surface area (Å²) in [5, 5.41) is 12.2. The van der Waals surface area contributed by atoms with Crippen molar-refractivity contribution < 1.29 is 14.6 Å². The van der Waals surface area contributed by atoms with E-state index in [9.17, 15) is 9.90 Å². The quantitative estimate of drug-likeness (QED) is 0.509. The van der Waals surface area contributed by atoms with Gasteiger partial charge in [-0.15, -0.1) is 0 Å². The molecule has 0 saturated carbocycles. The summed E-state index contributed by atoms with van der Waals surface area (Å²) in [5.41, 5.74) is 0. The van der Waals surface area contributed by atoms with Gasteiger partial charge in [-0.1, -0.05) is 26.2 Å². The summed E-state index contributed by atoms with van der Waals surface area (Å²) in [6.45, 7) is 3.15. The first-order chi connectivity index (χ1) is 7.24. The number of carbonyl (C=O) groups excluding carboxylic acids is 1. The standard InChI is InChI=1S/C11H21NO3/c1-2-3-4-5-6-15-11(14)10-7-9(13)8-12-10/h9-10,12-13H,2-8H2,1H3/t9?,10-/m0/s1. The van der Waals surface area contributed by atoms with Crippen molar-refractivity contribution >= 4 is 5.97 Å². The van der Waals surface area contributed by atoms with E-state index < -0.39 is 6.10 Å². The Kier molecular flexibility index (Phi) is 5.65. The lowest BCUT2D eigenvalue weighted by Crippen LogP contribution is -2.32. The molecule has 0 aliphatic carbocycles. The highest BCUT2D eigenvalue weighted by Gasteiger charge is 2.28. The fourth-order valence-electron chi connectivity index (χ4n) is 1.70. The van der Waals surface area contributed by atoms with Gasteiger partial charge in [-0.3, -0.25) is 4.79 Å². The normalized spacial score (nSPS) is 25.5. The predicted octanol–water partition coefficient (Wildman–Crippen LogP) is 0.833. The highest BCUT2D eigenvalue weighted by atomic mass is 16.5. The second-order valence-corrected chi connectivity index (χ2v) is 4.08. The molecule has 1 fully saturated rings. The largest absolute Gasteiger partial charge is 0.465 e. The molecule has 1 saturated heterocycles. The number of hydrogen-bond acceptors (Lipinski definition) is 4. The van der Waals surface area contributed by atoms with Crippen molar-refractivity contribution in [2.24, 2.45) is 0 Å². The monoisotopic (exact) mass is 215 g/mol. The Labute approximate surface area is 91.0 Å². The van der Waals surface area contributed by atoms with E-state index in [4.69, 9.17) is 4.74 Å². The number of β-amino-alcohol motifs (C(OH)–C–C–N with tert-alkyl or cyclic N) is 1. The summed E-state index contributed by atoms with van der Waals surface area (Å²) in [5.74, 6) is -0.219. The zero-order chi connectivity index (χ0) is 11.1. The average Bonchev–Trinajstić information content (AvgIpc) is 2.64. The van der Waals surface area contributed by atoms with Crippen molar-refractivity contribution in [2.45, 2.75) is 51.2 Å². The summed E-state index contributed by atoms with van der Waals surface area (Å²) in [6, 6.07) is -0.300. The second-order valence-electron chi connectivity index (χ2n) is 4.08. The molecule has 0 aromatic heterocycles. The first-order valence-corrected chi connectivity index (χ1v) is 5.82. The molecule has 1 unspecified atom stereocenters. The van der Waals surface area contributed by atoms with Crippen molar-refractivity contribution in [1.29, 1.82) is 0 Å². The number of hydrogen-bond donors (Lipinski definition) is 2. The minimum Gasteiger partial charge on any atom is -0.465 e. The SMILES string of the molecule is CCCCCCOC(=O)[C@@H]1CC(O)CN1. The van der Waals surface area contributed by atoms with Gasteiger partial charge in [-0.05, 0) is 6.42 Å². The van der Waals surface area contributed by atoms with E-state index in [-0.39, 0.29) is 12.0 Å². The van der Waals surface area contributed by atoms with Crippen LogP contribution in [-0.2, 0) is 9.53 Å². The van der Waals surface area contributed by atoms with Gasteiger partial charge in [-0.25, -0.2) is 0 Å². The van der Waals surface area contributed by atoms with E-state index in [0.29, 0.717) is 19.6 Å². The second kappa shape index (κ2) is 6.80. The maximum absolute atomic E-state index is 11.4. The molecule has 0 radical (unpaired) electrons. The van der Waals surface area contributed by atoms with Crippen LogP contribution in [0.1, 0.15) is 39.0 Å². The molecule has 2 N–H and O–H groups in total. The molecule has 0 spiro atoms. The molecule has 88 valence electrons. The van der Waals surface area contributed by atoms with Crippen molar-refractivity contribution in [1.82, 2.24) is 5.32 Å². The topological polar surface area (TPSA) is 58.6 Å². The maximum atomic E-state index is 11.4. The van der Waals surface area contributed by atoms with Gasteiger partial charge in [0, 0.05) is 13.0 Å². The predicted molar refractivity (Wildman–Crippen MR) is 57.5 cm³/mol. The van der Waals surface area contributed by atoms with Crippen LogP contribution in [0, 0.1) is 0 Å². The number of esters is 1. The van der Waals surface area contributed by atoms with Crippen LogP contribution < -0.4 is 5.32 Å². The number of ether oxygens (including phenoxy) is 1. The first kappa shape index (κ1) is 12.5. The highest BCUT2D eigenvalue weighted by Crippen LogP contribution is 2.08. The summed E-state index contributed by atoms with van der Waals surface area (Å²) in [6.07, 6.45) is 4.51. The van der Waals surface area contributed by atoms with Crippen molar-refractivity contribution in [3.05, 3.63) is 0 Å². The Hall–Kier alpha value is -0.610. The minimum absolute atomic E-state index is 0.219. The van der Waals surface area contributed by atoms with Crippen LogP contribution in [0.4, 0.5) is 0 Å². The lowest BCUT2D eigenvalue weighted by atomic mass is 10.2. The van der Waals surface area contributed by atoms with Gasteiger partial charge < -0.3 is 15.2 Å². The fraction of sp³-hybridized carbons (Fsp3) is 0.909.